The molecule has 62 heavy (non-hydrogen) atoms. The molecule has 4 aromatic carbocycles. The molecule has 14 heteroatoms. The molecule has 6 amide bonds. The van der Waals surface area contributed by atoms with Crippen molar-refractivity contribution in [2.75, 3.05) is 69.5 Å². The Hall–Kier alpha value is -5.08. The summed E-state index contributed by atoms with van der Waals surface area (Å²) >= 11 is 7.71. The predicted molar refractivity (Wildman–Crippen MR) is 248 cm³/mol. The van der Waals surface area contributed by atoms with E-state index in [4.69, 9.17) is 11.6 Å². The molecule has 0 aromatic heterocycles. The molecule has 12 nitrogen and oxygen atoms in total. The van der Waals surface area contributed by atoms with Gasteiger partial charge in [-0.1, -0.05) is 86.5 Å². The van der Waals surface area contributed by atoms with Gasteiger partial charge in [0.1, 0.15) is 12.1 Å². The fourth-order valence-electron chi connectivity index (χ4n) is 8.29. The second-order valence-corrected chi connectivity index (χ2v) is 18.1. The van der Waals surface area contributed by atoms with Crippen LogP contribution in [0.5, 0.6) is 0 Å². The summed E-state index contributed by atoms with van der Waals surface area (Å²) in [5.41, 5.74) is 5.05. The highest BCUT2D eigenvalue weighted by Crippen LogP contribution is 2.27. The maximum Gasteiger partial charge on any atom is 0.322 e. The summed E-state index contributed by atoms with van der Waals surface area (Å²) in [6.07, 6.45) is 2.28. The van der Waals surface area contributed by atoms with Crippen LogP contribution in [0.1, 0.15) is 49.8 Å². The summed E-state index contributed by atoms with van der Waals surface area (Å²) in [6.45, 7) is 12.0. The van der Waals surface area contributed by atoms with E-state index in [2.05, 4.69) is 74.3 Å². The number of amides is 6. The summed E-state index contributed by atoms with van der Waals surface area (Å²) in [5.74, 6) is 0.809. The quantitative estimate of drug-likeness (QED) is 0.110. The number of hydrogen-bond acceptors (Lipinski definition) is 7. The van der Waals surface area contributed by atoms with E-state index in [-0.39, 0.29) is 23.8 Å². The Labute approximate surface area is 375 Å². The molecule has 3 aliphatic heterocycles. The van der Waals surface area contributed by atoms with Gasteiger partial charge in [-0.05, 0) is 84.0 Å². The smallest absolute Gasteiger partial charge is 0.322 e. The Kier molecular flexibility index (Phi) is 15.8. The molecule has 7 rings (SSSR count). The van der Waals surface area contributed by atoms with Crippen molar-refractivity contribution in [1.29, 1.82) is 0 Å². The minimum Gasteiger partial charge on any atom is -0.338 e. The number of halogens is 1. The lowest BCUT2D eigenvalue weighted by atomic mass is 9.97. The maximum atomic E-state index is 13.6. The molecule has 0 radical (unpaired) electrons. The number of piperazine rings is 2. The average Bonchev–Trinajstić information content (AvgIpc) is 3.80. The van der Waals surface area contributed by atoms with Gasteiger partial charge in [-0.3, -0.25) is 19.4 Å². The van der Waals surface area contributed by atoms with Crippen molar-refractivity contribution in [2.24, 2.45) is 5.92 Å². The van der Waals surface area contributed by atoms with E-state index in [0.29, 0.717) is 55.5 Å². The molecule has 3 saturated heterocycles. The summed E-state index contributed by atoms with van der Waals surface area (Å²) in [7, 11) is 0. The summed E-state index contributed by atoms with van der Waals surface area (Å²) < 4.78 is 0. The van der Waals surface area contributed by atoms with Crippen molar-refractivity contribution < 1.29 is 19.2 Å². The third kappa shape index (κ3) is 12.3. The number of nitrogens with one attached hydrogen (secondary N) is 3. The van der Waals surface area contributed by atoms with Gasteiger partial charge in [0.05, 0.1) is 0 Å². The van der Waals surface area contributed by atoms with E-state index in [1.165, 1.54) is 16.7 Å². The number of urea groups is 2. The molecule has 4 aromatic rings. The summed E-state index contributed by atoms with van der Waals surface area (Å²) in [5, 5.41) is 9.35. The first-order valence-corrected chi connectivity index (χ1v) is 23.3. The number of anilines is 2. The van der Waals surface area contributed by atoms with Gasteiger partial charge in [-0.25, -0.2) is 9.59 Å². The van der Waals surface area contributed by atoms with Crippen molar-refractivity contribution in [1.82, 2.24) is 29.8 Å². The molecule has 3 fully saturated rings. The first-order chi connectivity index (χ1) is 30.1. The SMILES string of the molecule is CCC(C)C(NC(=O)Nc1ccc(Cl)cc1)C(=O)N1CCN(Cc2ccc(CSc3ccc(NC(=O)N4CCCC4C(=O)N4CCN(Cc5ccccc5)CC4)cc3)cc2)CC1. The van der Waals surface area contributed by atoms with E-state index < -0.39 is 18.1 Å². The average molecular weight is 880 g/mol. The van der Waals surface area contributed by atoms with E-state index in [1.54, 1.807) is 40.9 Å². The van der Waals surface area contributed by atoms with Gasteiger partial charge in [0.25, 0.3) is 0 Å². The van der Waals surface area contributed by atoms with Crippen LogP contribution in [0.4, 0.5) is 21.0 Å². The lowest BCUT2D eigenvalue weighted by Gasteiger charge is -2.37. The molecular weight excluding hydrogens is 820 g/mol. The number of nitrogens with zero attached hydrogens (tertiary/aromatic N) is 5. The number of likely N-dealkylation sites (tertiary alicyclic amines) is 1. The highest BCUT2D eigenvalue weighted by Gasteiger charge is 2.38. The minimum atomic E-state index is -0.613. The zero-order valence-electron chi connectivity index (χ0n) is 35.8. The molecule has 0 saturated carbocycles. The molecule has 328 valence electrons. The van der Waals surface area contributed by atoms with Crippen LogP contribution in [0.2, 0.25) is 5.02 Å². The number of carbonyl (C=O) groups excluding carboxylic acids is 4. The zero-order valence-corrected chi connectivity index (χ0v) is 37.4. The minimum absolute atomic E-state index is 0.0175. The number of benzene rings is 4. The molecular formula is C48H59ClN8O4S. The Morgan fingerprint density at radius 2 is 1.24 bits per heavy atom. The Balaban J connectivity index is 0.813. The molecule has 3 N–H and O–H groups in total. The molecule has 3 aliphatic rings. The second-order valence-electron chi connectivity index (χ2n) is 16.6. The number of carbonyl (C=O) groups is 4. The number of rotatable bonds is 14. The van der Waals surface area contributed by atoms with E-state index >= 15 is 0 Å². The monoisotopic (exact) mass is 878 g/mol. The van der Waals surface area contributed by atoms with E-state index in [9.17, 15) is 19.2 Å². The Morgan fingerprint density at radius 1 is 0.677 bits per heavy atom. The van der Waals surface area contributed by atoms with Gasteiger partial charge in [0.2, 0.25) is 11.8 Å². The first kappa shape index (κ1) is 45.0. The fraction of sp³-hybridized carbons (Fsp3) is 0.417. The van der Waals surface area contributed by atoms with Gasteiger partial charge < -0.3 is 30.7 Å². The standard InChI is InChI=1S/C48H59ClN8O4S/c1-3-35(2)44(52-47(60)50-40-17-15-39(49)16-18-40)46(59)56-30-26-54(27-31-56)33-37-11-13-38(14-12-37)34-62-42-21-19-41(20-22-42)51-48(61)57-23-7-10-43(57)45(58)55-28-24-53(25-29-55)32-36-8-5-4-6-9-36/h4-6,8-9,11-22,35,43-44H,3,7,10,23-34H2,1-2H3,(H,51,61)(H2,50,52,60). The molecule has 3 unspecified atom stereocenters. The molecule has 0 bridgehead atoms. The van der Waals surface area contributed by atoms with Crippen LogP contribution >= 0.6 is 23.4 Å². The van der Waals surface area contributed by atoms with Gasteiger partial charge in [0, 0.05) is 99.0 Å². The second kappa shape index (κ2) is 21.8. The van der Waals surface area contributed by atoms with Crippen LogP contribution in [0, 0.1) is 5.92 Å². The normalized spacial score (nSPS) is 18.2. The predicted octanol–water partition coefficient (Wildman–Crippen LogP) is 7.85. The Bertz CT molecular complexity index is 2090. The largest absolute Gasteiger partial charge is 0.338 e. The van der Waals surface area contributed by atoms with Gasteiger partial charge in [0.15, 0.2) is 0 Å². The van der Waals surface area contributed by atoms with Crippen molar-refractivity contribution >= 4 is 58.6 Å². The molecule has 0 spiro atoms. The topological polar surface area (TPSA) is 121 Å². The van der Waals surface area contributed by atoms with Crippen molar-refractivity contribution in [3.63, 3.8) is 0 Å². The highest BCUT2D eigenvalue weighted by molar-refractivity contribution is 7.98. The van der Waals surface area contributed by atoms with Crippen molar-refractivity contribution in [2.45, 2.75) is 68.9 Å². The fourth-order valence-corrected chi connectivity index (χ4v) is 9.27. The molecule has 3 heterocycles. The van der Waals surface area contributed by atoms with Crippen LogP contribution in [0.25, 0.3) is 0 Å². The van der Waals surface area contributed by atoms with Gasteiger partial charge in [-0.2, -0.15) is 0 Å². The van der Waals surface area contributed by atoms with Crippen LogP contribution in [0.3, 0.4) is 0 Å². The van der Waals surface area contributed by atoms with Gasteiger partial charge in [-0.15, -0.1) is 11.8 Å². The van der Waals surface area contributed by atoms with Crippen LogP contribution in [0.15, 0.2) is 108 Å². The van der Waals surface area contributed by atoms with Crippen molar-refractivity contribution in [3.05, 3.63) is 125 Å². The third-order valence-corrected chi connectivity index (χ3v) is 13.6. The van der Waals surface area contributed by atoms with Crippen LogP contribution < -0.4 is 16.0 Å². The van der Waals surface area contributed by atoms with Gasteiger partial charge >= 0.3 is 12.1 Å². The van der Waals surface area contributed by atoms with Crippen LogP contribution in [-0.2, 0) is 28.4 Å². The first-order valence-electron chi connectivity index (χ1n) is 21.9. The van der Waals surface area contributed by atoms with E-state index in [0.717, 1.165) is 62.8 Å². The summed E-state index contributed by atoms with van der Waals surface area (Å²) in [4.78, 5) is 64.8. The van der Waals surface area contributed by atoms with E-state index in [1.807, 2.05) is 54.0 Å². The molecule has 3 atom stereocenters. The molecule has 0 aliphatic carbocycles. The number of hydrogen-bond donors (Lipinski definition) is 3. The highest BCUT2D eigenvalue weighted by atomic mass is 35.5. The zero-order chi connectivity index (χ0) is 43.4. The van der Waals surface area contributed by atoms with Crippen LogP contribution in [-0.4, -0.2) is 119 Å². The number of thioether (sulfide) groups is 1. The lowest BCUT2D eigenvalue weighted by Crippen LogP contribution is -2.57. The van der Waals surface area contributed by atoms with Crippen molar-refractivity contribution in [3.8, 4) is 0 Å². The lowest BCUT2D eigenvalue weighted by molar-refractivity contribution is -0.137. The summed E-state index contributed by atoms with van der Waals surface area (Å²) in [6, 6.07) is 32.2. The maximum absolute atomic E-state index is 13.6. The third-order valence-electron chi connectivity index (χ3n) is 12.2. The Morgan fingerprint density at radius 3 is 1.87 bits per heavy atom.